The molecule has 3 N–H and O–H groups in total. The van der Waals surface area contributed by atoms with Gasteiger partial charge in [0, 0.05) is 30.9 Å². The highest BCUT2D eigenvalue weighted by Crippen LogP contribution is 2.27. The zero-order valence-corrected chi connectivity index (χ0v) is 16.8. The van der Waals surface area contributed by atoms with Crippen molar-refractivity contribution in [2.45, 2.75) is 31.8 Å². The Morgan fingerprint density at radius 1 is 1.33 bits per heavy atom. The van der Waals surface area contributed by atoms with E-state index in [0.29, 0.717) is 13.1 Å². The van der Waals surface area contributed by atoms with E-state index < -0.39 is 22.8 Å². The summed E-state index contributed by atoms with van der Waals surface area (Å²) in [7, 11) is 0. The van der Waals surface area contributed by atoms with E-state index in [2.05, 4.69) is 41.3 Å². The topological polar surface area (TPSA) is 98.3 Å². The van der Waals surface area contributed by atoms with Crippen LogP contribution in [0, 0.1) is 5.82 Å². The average molecular weight is 410 g/mol. The minimum atomic E-state index is -1.36. The minimum absolute atomic E-state index is 0.0739. The van der Waals surface area contributed by atoms with Crippen LogP contribution < -0.4 is 15.6 Å². The molecule has 3 heterocycles. The van der Waals surface area contributed by atoms with Crippen molar-refractivity contribution in [2.75, 3.05) is 18.0 Å². The number of pyridine rings is 2. The van der Waals surface area contributed by atoms with Crippen molar-refractivity contribution in [3.8, 4) is 0 Å². The van der Waals surface area contributed by atoms with Crippen LogP contribution in [-0.4, -0.2) is 40.2 Å². The molecule has 0 bridgehead atoms. The third-order valence-corrected chi connectivity index (χ3v) is 5.58. The molecular formula is C22H23FN4O3. The fourth-order valence-electron chi connectivity index (χ4n) is 4.01. The van der Waals surface area contributed by atoms with E-state index in [1.165, 1.54) is 5.56 Å². The second-order valence-electron chi connectivity index (χ2n) is 8.09. The first-order valence-electron chi connectivity index (χ1n) is 9.79. The van der Waals surface area contributed by atoms with Gasteiger partial charge in [-0.2, -0.15) is 0 Å². The monoisotopic (exact) mass is 410 g/mol. The van der Waals surface area contributed by atoms with E-state index in [4.69, 9.17) is 5.11 Å². The number of hydrogen-bond donors (Lipinski definition) is 3. The molecule has 4 rings (SSSR count). The van der Waals surface area contributed by atoms with Gasteiger partial charge in [0.15, 0.2) is 11.6 Å². The number of benzene rings is 1. The van der Waals surface area contributed by atoms with Crippen LogP contribution in [0.5, 0.6) is 0 Å². The molecule has 30 heavy (non-hydrogen) atoms. The summed E-state index contributed by atoms with van der Waals surface area (Å²) in [6, 6.07) is 11.4. The number of anilines is 1. The maximum absolute atomic E-state index is 14.8. The van der Waals surface area contributed by atoms with Crippen LogP contribution >= 0.6 is 0 Å². The molecule has 0 aliphatic carbocycles. The number of hydrogen-bond acceptors (Lipinski definition) is 5. The first kappa shape index (κ1) is 20.0. The highest BCUT2D eigenvalue weighted by Gasteiger charge is 2.31. The van der Waals surface area contributed by atoms with Gasteiger partial charge in [-0.15, -0.1) is 0 Å². The molecule has 1 unspecified atom stereocenters. The van der Waals surface area contributed by atoms with Gasteiger partial charge < -0.3 is 20.3 Å². The van der Waals surface area contributed by atoms with Crippen molar-refractivity contribution in [1.29, 1.82) is 0 Å². The Kier molecular flexibility index (Phi) is 5.03. The highest BCUT2D eigenvalue weighted by atomic mass is 19.1. The lowest BCUT2D eigenvalue weighted by atomic mass is 9.93. The molecule has 1 aliphatic heterocycles. The third-order valence-electron chi connectivity index (χ3n) is 5.58. The molecule has 3 aromatic rings. The molecule has 0 spiro atoms. The lowest BCUT2D eigenvalue weighted by Crippen LogP contribution is -2.45. The summed E-state index contributed by atoms with van der Waals surface area (Å²) in [6.07, 6.45) is 1.92. The molecule has 7 nitrogen and oxygen atoms in total. The van der Waals surface area contributed by atoms with Crippen LogP contribution in [0.15, 0.2) is 47.4 Å². The van der Waals surface area contributed by atoms with E-state index in [-0.39, 0.29) is 28.4 Å². The Morgan fingerprint density at radius 2 is 2.07 bits per heavy atom. The van der Waals surface area contributed by atoms with Crippen LogP contribution in [0.4, 0.5) is 10.2 Å². The minimum Gasteiger partial charge on any atom is -0.477 e. The normalized spacial score (nSPS) is 16.9. The van der Waals surface area contributed by atoms with Crippen molar-refractivity contribution < 1.29 is 14.3 Å². The molecule has 1 atom stereocenters. The van der Waals surface area contributed by atoms with Gasteiger partial charge in [0.25, 0.3) is 0 Å². The molecule has 0 radical (unpaired) electrons. The third kappa shape index (κ3) is 3.66. The molecule has 1 aliphatic rings. The van der Waals surface area contributed by atoms with E-state index in [0.717, 1.165) is 18.7 Å². The van der Waals surface area contributed by atoms with E-state index >= 15 is 0 Å². The molecule has 8 heteroatoms. The Labute approximate surface area is 172 Å². The number of fused-ring (bicyclic) bond motifs is 1. The molecule has 1 saturated heterocycles. The number of carboxylic acids is 1. The summed E-state index contributed by atoms with van der Waals surface area (Å²) in [5.74, 6) is -1.85. The summed E-state index contributed by atoms with van der Waals surface area (Å²) in [5.41, 5.74) is -0.0898. The predicted molar refractivity (Wildman–Crippen MR) is 113 cm³/mol. The van der Waals surface area contributed by atoms with E-state index in [1.54, 1.807) is 0 Å². The van der Waals surface area contributed by atoms with Crippen molar-refractivity contribution >= 4 is 22.8 Å². The fraction of sp³-hybridized carbons (Fsp3) is 0.318. The second kappa shape index (κ2) is 7.53. The van der Waals surface area contributed by atoms with Gasteiger partial charge in [-0.25, -0.2) is 14.2 Å². The number of nitrogens with one attached hydrogen (secondary N) is 2. The molecular weight excluding hydrogens is 387 g/mol. The highest BCUT2D eigenvalue weighted by molar-refractivity contribution is 5.91. The Hall–Kier alpha value is -3.26. The van der Waals surface area contributed by atoms with E-state index in [9.17, 15) is 14.0 Å². The van der Waals surface area contributed by atoms with Gasteiger partial charge in [0.1, 0.15) is 11.2 Å². The largest absolute Gasteiger partial charge is 0.477 e. The SMILES string of the molecule is CC(C)(NC1CCN(c2nc3[nH]cc(C(=O)O)c(=O)c3cc2F)C1)c1ccccc1. The standard InChI is InChI=1S/C22H23FN4O3/c1-22(2,13-6-4-3-5-7-13)26-14-8-9-27(12-14)20-17(23)10-15-18(28)16(21(29)30)11-24-19(15)25-20/h3-7,10-11,14,26H,8-9,12H2,1-2H3,(H,29,30)(H,24,25,28). The fourth-order valence-corrected chi connectivity index (χ4v) is 4.01. The van der Waals surface area contributed by atoms with Crippen molar-refractivity contribution in [1.82, 2.24) is 15.3 Å². The zero-order chi connectivity index (χ0) is 21.5. The summed E-state index contributed by atoms with van der Waals surface area (Å²) in [6.45, 7) is 5.42. The quantitative estimate of drug-likeness (QED) is 0.598. The van der Waals surface area contributed by atoms with Crippen LogP contribution in [0.2, 0.25) is 0 Å². The van der Waals surface area contributed by atoms with Crippen LogP contribution in [-0.2, 0) is 5.54 Å². The number of halogens is 1. The second-order valence-corrected chi connectivity index (χ2v) is 8.09. The van der Waals surface area contributed by atoms with Crippen LogP contribution in [0.25, 0.3) is 11.0 Å². The molecule has 0 saturated carbocycles. The maximum atomic E-state index is 14.8. The van der Waals surface area contributed by atoms with E-state index in [1.807, 2.05) is 23.1 Å². The number of nitrogens with zero attached hydrogens (tertiary/aromatic N) is 2. The first-order chi connectivity index (χ1) is 14.3. The first-order valence-corrected chi connectivity index (χ1v) is 9.79. The molecule has 2 aromatic heterocycles. The number of rotatable bonds is 5. The molecule has 0 amide bonds. The number of carboxylic acid groups (broad SMARTS) is 1. The Morgan fingerprint density at radius 3 is 2.77 bits per heavy atom. The van der Waals surface area contributed by atoms with Crippen molar-refractivity contribution in [2.24, 2.45) is 0 Å². The summed E-state index contributed by atoms with van der Waals surface area (Å²) in [5, 5.41) is 12.6. The van der Waals surface area contributed by atoms with Gasteiger partial charge >= 0.3 is 5.97 Å². The van der Waals surface area contributed by atoms with Gasteiger partial charge in [-0.3, -0.25) is 4.79 Å². The number of H-pyrrole nitrogens is 1. The summed E-state index contributed by atoms with van der Waals surface area (Å²) in [4.78, 5) is 32.2. The Bertz CT molecular complexity index is 1160. The van der Waals surface area contributed by atoms with Crippen LogP contribution in [0.1, 0.15) is 36.2 Å². The lowest BCUT2D eigenvalue weighted by molar-refractivity contribution is 0.0695. The molecule has 156 valence electrons. The van der Waals surface area contributed by atoms with Crippen LogP contribution in [0.3, 0.4) is 0 Å². The van der Waals surface area contributed by atoms with Gasteiger partial charge in [0.05, 0.1) is 5.39 Å². The predicted octanol–water partition coefficient (Wildman–Crippen LogP) is 2.86. The zero-order valence-electron chi connectivity index (χ0n) is 16.8. The summed E-state index contributed by atoms with van der Waals surface area (Å²) >= 11 is 0. The number of aromatic amines is 1. The smallest absolute Gasteiger partial charge is 0.341 e. The summed E-state index contributed by atoms with van der Waals surface area (Å²) < 4.78 is 14.8. The number of aromatic nitrogens is 2. The van der Waals surface area contributed by atoms with Gasteiger partial charge in [0.2, 0.25) is 5.43 Å². The average Bonchev–Trinajstić information content (AvgIpc) is 3.16. The number of carbonyl (C=O) groups is 1. The van der Waals surface area contributed by atoms with Gasteiger partial charge in [-0.1, -0.05) is 30.3 Å². The van der Waals surface area contributed by atoms with Gasteiger partial charge in [-0.05, 0) is 31.9 Å². The van der Waals surface area contributed by atoms with Crippen molar-refractivity contribution in [3.63, 3.8) is 0 Å². The van der Waals surface area contributed by atoms with Crippen molar-refractivity contribution in [3.05, 3.63) is 69.8 Å². The molecule has 1 fully saturated rings. The molecule has 1 aromatic carbocycles. The number of aromatic carboxylic acids is 1. The Balaban J connectivity index is 1.57. The lowest BCUT2D eigenvalue weighted by Gasteiger charge is -2.31. The maximum Gasteiger partial charge on any atom is 0.341 e.